The van der Waals surface area contributed by atoms with Gasteiger partial charge in [0.1, 0.15) is 0 Å². The van der Waals surface area contributed by atoms with Crippen LogP contribution in [-0.4, -0.2) is 0 Å². The van der Waals surface area contributed by atoms with Crippen LogP contribution in [-0.2, 0) is 10.8 Å². The molecule has 0 amide bonds. The number of rotatable bonds is 5. The first-order chi connectivity index (χ1) is 27.0. The van der Waals surface area contributed by atoms with Crippen LogP contribution in [0.4, 0.5) is 17.1 Å². The van der Waals surface area contributed by atoms with Gasteiger partial charge < -0.3 is 4.90 Å². The van der Waals surface area contributed by atoms with Gasteiger partial charge in [-0.05, 0) is 114 Å². The summed E-state index contributed by atoms with van der Waals surface area (Å²) in [5, 5.41) is 5.02. The molecule has 2 aliphatic rings. The van der Waals surface area contributed by atoms with Crippen molar-refractivity contribution in [2.45, 2.75) is 24.7 Å². The molecule has 0 atom stereocenters. The summed E-state index contributed by atoms with van der Waals surface area (Å²) < 4.78 is 0. The maximum Gasteiger partial charge on any atom is 0.0713 e. The monoisotopic (exact) mass is 701 g/mol. The van der Waals surface area contributed by atoms with E-state index in [0.717, 1.165) is 17.1 Å². The second-order valence-corrected chi connectivity index (χ2v) is 15.7. The Morgan fingerprint density at radius 3 is 1.56 bits per heavy atom. The highest BCUT2D eigenvalue weighted by Crippen LogP contribution is 2.57. The topological polar surface area (TPSA) is 3.24 Å². The Morgan fingerprint density at radius 1 is 0.327 bits per heavy atom. The van der Waals surface area contributed by atoms with Crippen molar-refractivity contribution in [3.63, 3.8) is 0 Å². The Bertz CT molecular complexity index is 2920. The summed E-state index contributed by atoms with van der Waals surface area (Å²) in [5.41, 5.74) is 16.0. The normalized spacial score (nSPS) is 14.3. The molecule has 9 aromatic rings. The first-order valence-electron chi connectivity index (χ1n) is 19.3. The summed E-state index contributed by atoms with van der Waals surface area (Å²) in [4.78, 5) is 2.48. The van der Waals surface area contributed by atoms with E-state index in [9.17, 15) is 0 Å². The molecule has 55 heavy (non-hydrogen) atoms. The number of benzene rings is 9. The molecule has 260 valence electrons. The van der Waals surface area contributed by atoms with Crippen molar-refractivity contribution >= 4 is 38.6 Å². The molecule has 0 N–H and O–H groups in total. The van der Waals surface area contributed by atoms with Crippen LogP contribution in [0.5, 0.6) is 0 Å². The van der Waals surface area contributed by atoms with E-state index in [-0.39, 0.29) is 5.41 Å². The summed E-state index contributed by atoms with van der Waals surface area (Å²) in [6.45, 7) is 4.74. The minimum absolute atomic E-state index is 0.116. The minimum atomic E-state index is -0.441. The third-order valence-corrected chi connectivity index (χ3v) is 12.5. The van der Waals surface area contributed by atoms with Crippen LogP contribution < -0.4 is 4.90 Å². The zero-order valence-electron chi connectivity index (χ0n) is 31.0. The van der Waals surface area contributed by atoms with Gasteiger partial charge in [0.25, 0.3) is 0 Å². The third-order valence-electron chi connectivity index (χ3n) is 12.5. The van der Waals surface area contributed by atoms with Gasteiger partial charge in [0.05, 0.1) is 5.41 Å². The van der Waals surface area contributed by atoms with Crippen molar-refractivity contribution < 1.29 is 0 Å². The molecule has 1 nitrogen and oxygen atoms in total. The van der Waals surface area contributed by atoms with E-state index in [0.29, 0.717) is 0 Å². The fourth-order valence-electron chi connectivity index (χ4n) is 9.98. The Kier molecular flexibility index (Phi) is 6.88. The standard InChI is InChI=1S/C54H39N/c1-53(2)49-23-13-11-21-44(49)46-31-29-42(35-52(46)53)55(40-28-27-37-26-25-36-15-9-10-20-43(36)47(37)33-40)41-30-32-51-48(34-41)45-22-12-14-24-50(45)54(51,38-16-5-3-6-17-38)39-18-7-4-8-19-39/h3-35H,1-2H3. The zero-order valence-corrected chi connectivity index (χ0v) is 31.0. The fourth-order valence-corrected chi connectivity index (χ4v) is 9.98. The Labute approximate surface area is 322 Å². The highest BCUT2D eigenvalue weighted by molar-refractivity contribution is 6.09. The van der Waals surface area contributed by atoms with Crippen molar-refractivity contribution in [1.29, 1.82) is 0 Å². The molecule has 0 bridgehead atoms. The summed E-state index contributed by atoms with van der Waals surface area (Å²) in [6.07, 6.45) is 0. The molecule has 0 saturated heterocycles. The van der Waals surface area contributed by atoms with Crippen LogP contribution in [0.25, 0.3) is 43.8 Å². The highest BCUT2D eigenvalue weighted by Gasteiger charge is 2.46. The van der Waals surface area contributed by atoms with Crippen LogP contribution >= 0.6 is 0 Å². The number of anilines is 3. The first kappa shape index (κ1) is 31.8. The molecule has 11 rings (SSSR count). The molecule has 1 heteroatoms. The van der Waals surface area contributed by atoms with Gasteiger partial charge in [-0.3, -0.25) is 0 Å². The SMILES string of the molecule is CC1(C)c2ccccc2-c2ccc(N(c3ccc4c(c3)-c3ccccc3C4(c3ccccc3)c3ccccc3)c3ccc4ccc5ccccc5c4c3)cc21. The van der Waals surface area contributed by atoms with E-state index in [1.165, 1.54) is 77.2 Å². The molecular weight excluding hydrogens is 663 g/mol. The van der Waals surface area contributed by atoms with E-state index < -0.39 is 5.41 Å². The molecule has 0 aliphatic heterocycles. The second kappa shape index (κ2) is 11.9. The molecule has 9 aromatic carbocycles. The lowest BCUT2D eigenvalue weighted by Crippen LogP contribution is -2.28. The van der Waals surface area contributed by atoms with Gasteiger partial charge in [0.2, 0.25) is 0 Å². The van der Waals surface area contributed by atoms with E-state index in [1.807, 2.05) is 0 Å². The van der Waals surface area contributed by atoms with Crippen LogP contribution in [0.2, 0.25) is 0 Å². The predicted molar refractivity (Wildman–Crippen MR) is 231 cm³/mol. The Balaban J connectivity index is 1.17. The predicted octanol–water partition coefficient (Wildman–Crippen LogP) is 14.1. The quantitative estimate of drug-likeness (QED) is 0.162. The molecule has 0 spiro atoms. The van der Waals surface area contributed by atoms with Crippen LogP contribution in [0.3, 0.4) is 0 Å². The number of hydrogen-bond donors (Lipinski definition) is 0. The number of hydrogen-bond acceptors (Lipinski definition) is 1. The van der Waals surface area contributed by atoms with Gasteiger partial charge in [0, 0.05) is 22.5 Å². The van der Waals surface area contributed by atoms with Crippen LogP contribution in [0, 0.1) is 0 Å². The number of fused-ring (bicyclic) bond motifs is 9. The molecule has 0 aromatic heterocycles. The van der Waals surface area contributed by atoms with Gasteiger partial charge in [-0.2, -0.15) is 0 Å². The van der Waals surface area contributed by atoms with Crippen LogP contribution in [0.1, 0.15) is 47.2 Å². The van der Waals surface area contributed by atoms with E-state index >= 15 is 0 Å². The largest absolute Gasteiger partial charge is 0.310 e. The van der Waals surface area contributed by atoms with Crippen molar-refractivity contribution in [3.05, 3.63) is 234 Å². The van der Waals surface area contributed by atoms with Crippen molar-refractivity contribution in [2.75, 3.05) is 4.90 Å². The zero-order chi connectivity index (χ0) is 36.7. The number of nitrogens with zero attached hydrogens (tertiary/aromatic N) is 1. The van der Waals surface area contributed by atoms with Crippen molar-refractivity contribution in [3.8, 4) is 22.3 Å². The molecule has 0 unspecified atom stereocenters. The lowest BCUT2D eigenvalue weighted by molar-refractivity contribution is 0.660. The van der Waals surface area contributed by atoms with Gasteiger partial charge in [-0.25, -0.2) is 0 Å². The molecule has 0 radical (unpaired) electrons. The van der Waals surface area contributed by atoms with Gasteiger partial charge in [-0.15, -0.1) is 0 Å². The minimum Gasteiger partial charge on any atom is -0.310 e. The van der Waals surface area contributed by atoms with Gasteiger partial charge in [0.15, 0.2) is 0 Å². The Hall–Kier alpha value is -6.70. The van der Waals surface area contributed by atoms with Gasteiger partial charge >= 0.3 is 0 Å². The van der Waals surface area contributed by atoms with Crippen molar-refractivity contribution in [1.82, 2.24) is 0 Å². The smallest absolute Gasteiger partial charge is 0.0713 e. The third kappa shape index (κ3) is 4.53. The summed E-state index contributed by atoms with van der Waals surface area (Å²) in [5.74, 6) is 0. The molecule has 2 aliphatic carbocycles. The molecule has 0 heterocycles. The maximum atomic E-state index is 2.48. The summed E-state index contributed by atoms with van der Waals surface area (Å²) >= 11 is 0. The van der Waals surface area contributed by atoms with E-state index in [4.69, 9.17) is 0 Å². The lowest BCUT2D eigenvalue weighted by Gasteiger charge is -2.34. The average molecular weight is 702 g/mol. The fraction of sp³-hybridized carbons (Fsp3) is 0.0741. The van der Waals surface area contributed by atoms with E-state index in [1.54, 1.807) is 0 Å². The Morgan fingerprint density at radius 2 is 0.818 bits per heavy atom. The highest BCUT2D eigenvalue weighted by atomic mass is 15.1. The molecule has 0 fully saturated rings. The van der Waals surface area contributed by atoms with Gasteiger partial charge in [-0.1, -0.05) is 178 Å². The summed E-state index contributed by atoms with van der Waals surface area (Å²) in [6, 6.07) is 74.6. The first-order valence-corrected chi connectivity index (χ1v) is 19.3. The lowest BCUT2D eigenvalue weighted by atomic mass is 9.68. The maximum absolute atomic E-state index is 2.48. The molecular formula is C54H39N. The second-order valence-electron chi connectivity index (χ2n) is 15.7. The average Bonchev–Trinajstić information content (AvgIpc) is 3.67. The molecule has 0 saturated carbocycles. The van der Waals surface area contributed by atoms with Crippen molar-refractivity contribution in [2.24, 2.45) is 0 Å². The van der Waals surface area contributed by atoms with Crippen LogP contribution in [0.15, 0.2) is 200 Å². The van der Waals surface area contributed by atoms with E-state index in [2.05, 4.69) is 219 Å². The summed E-state index contributed by atoms with van der Waals surface area (Å²) in [7, 11) is 0.